The second kappa shape index (κ2) is 7.31. The maximum Gasteiger partial charge on any atom is 0.227 e. The Hall–Kier alpha value is -2.30. The summed E-state index contributed by atoms with van der Waals surface area (Å²) in [5.74, 6) is 2.34. The molecule has 0 unspecified atom stereocenters. The molecule has 1 aromatic heterocycles. The van der Waals surface area contributed by atoms with Crippen molar-refractivity contribution in [3.63, 3.8) is 0 Å². The van der Waals surface area contributed by atoms with E-state index in [0.717, 1.165) is 44.5 Å². The zero-order chi connectivity index (χ0) is 16.1. The van der Waals surface area contributed by atoms with Crippen LogP contribution in [0.2, 0.25) is 0 Å². The number of rotatable bonds is 5. The number of hydrogen-bond acceptors (Lipinski definition) is 5. The van der Waals surface area contributed by atoms with Gasteiger partial charge in [0.05, 0.1) is 0 Å². The lowest BCUT2D eigenvalue weighted by Gasteiger charge is -2.36. The summed E-state index contributed by atoms with van der Waals surface area (Å²) in [6.45, 7) is 9.20. The van der Waals surface area contributed by atoms with Gasteiger partial charge in [-0.15, -0.1) is 0 Å². The third-order valence-electron chi connectivity index (χ3n) is 4.02. The van der Waals surface area contributed by atoms with Gasteiger partial charge < -0.3 is 15.1 Å². The minimum atomic E-state index is 0.600. The van der Waals surface area contributed by atoms with E-state index in [2.05, 4.69) is 69.3 Å². The van der Waals surface area contributed by atoms with Gasteiger partial charge >= 0.3 is 0 Å². The molecule has 1 aliphatic heterocycles. The van der Waals surface area contributed by atoms with E-state index in [0.29, 0.717) is 5.92 Å². The van der Waals surface area contributed by atoms with Crippen molar-refractivity contribution in [2.75, 3.05) is 47.8 Å². The highest BCUT2D eigenvalue weighted by molar-refractivity contribution is 5.49. The first-order valence-corrected chi connectivity index (χ1v) is 8.34. The number of piperazine rings is 1. The maximum absolute atomic E-state index is 4.65. The summed E-state index contributed by atoms with van der Waals surface area (Å²) in [5, 5.41) is 3.37. The normalized spacial score (nSPS) is 15.1. The molecule has 3 rings (SSSR count). The van der Waals surface area contributed by atoms with Crippen molar-refractivity contribution in [3.05, 3.63) is 42.6 Å². The first kappa shape index (κ1) is 15.6. The van der Waals surface area contributed by atoms with Gasteiger partial charge in [-0.05, 0) is 24.1 Å². The van der Waals surface area contributed by atoms with Crippen LogP contribution in [0, 0.1) is 5.92 Å². The largest absolute Gasteiger partial charge is 0.370 e. The number of nitrogens with one attached hydrogen (secondary N) is 1. The molecule has 0 aliphatic carbocycles. The molecule has 122 valence electrons. The van der Waals surface area contributed by atoms with Crippen molar-refractivity contribution in [3.8, 4) is 0 Å². The molecule has 1 saturated heterocycles. The molecule has 5 nitrogen and oxygen atoms in total. The summed E-state index contributed by atoms with van der Waals surface area (Å²) in [4.78, 5) is 13.8. The fourth-order valence-electron chi connectivity index (χ4n) is 2.71. The summed E-state index contributed by atoms with van der Waals surface area (Å²) in [6.07, 6.45) is 1.84. The molecule has 0 atom stereocenters. The van der Waals surface area contributed by atoms with Crippen molar-refractivity contribution < 1.29 is 0 Å². The minimum Gasteiger partial charge on any atom is -0.370 e. The Morgan fingerprint density at radius 2 is 1.70 bits per heavy atom. The van der Waals surface area contributed by atoms with Crippen molar-refractivity contribution in [2.24, 2.45) is 5.92 Å². The van der Waals surface area contributed by atoms with Gasteiger partial charge in [-0.3, -0.25) is 0 Å². The molecule has 2 aromatic rings. The van der Waals surface area contributed by atoms with Gasteiger partial charge in [0.2, 0.25) is 5.95 Å². The van der Waals surface area contributed by atoms with Crippen molar-refractivity contribution >= 4 is 17.5 Å². The van der Waals surface area contributed by atoms with Crippen LogP contribution in [-0.4, -0.2) is 42.7 Å². The predicted molar refractivity (Wildman–Crippen MR) is 96.2 cm³/mol. The zero-order valence-electron chi connectivity index (χ0n) is 13.9. The van der Waals surface area contributed by atoms with Gasteiger partial charge in [-0.25, -0.2) is 4.98 Å². The first-order chi connectivity index (χ1) is 11.2. The van der Waals surface area contributed by atoms with E-state index in [9.17, 15) is 0 Å². The average molecular weight is 311 g/mol. The van der Waals surface area contributed by atoms with E-state index >= 15 is 0 Å². The Kier molecular flexibility index (Phi) is 4.95. The fraction of sp³-hybridized carbons (Fsp3) is 0.444. The van der Waals surface area contributed by atoms with Gasteiger partial charge in [0.25, 0.3) is 0 Å². The van der Waals surface area contributed by atoms with Crippen LogP contribution in [0.3, 0.4) is 0 Å². The Morgan fingerprint density at radius 1 is 1.00 bits per heavy atom. The minimum absolute atomic E-state index is 0.600. The topological polar surface area (TPSA) is 44.3 Å². The van der Waals surface area contributed by atoms with E-state index in [-0.39, 0.29) is 0 Å². The summed E-state index contributed by atoms with van der Waals surface area (Å²) in [5.41, 5.74) is 1.29. The van der Waals surface area contributed by atoms with Crippen LogP contribution in [0.4, 0.5) is 17.5 Å². The van der Waals surface area contributed by atoms with Crippen LogP contribution in [0.1, 0.15) is 13.8 Å². The second-order valence-corrected chi connectivity index (χ2v) is 6.33. The highest BCUT2D eigenvalue weighted by atomic mass is 15.3. The van der Waals surface area contributed by atoms with Gasteiger partial charge in [0.1, 0.15) is 5.82 Å². The maximum atomic E-state index is 4.65. The van der Waals surface area contributed by atoms with Crippen LogP contribution in [0.25, 0.3) is 0 Å². The van der Waals surface area contributed by atoms with E-state index in [1.165, 1.54) is 5.69 Å². The molecule has 0 saturated carbocycles. The molecular formula is C18H25N5. The number of aromatic nitrogens is 2. The van der Waals surface area contributed by atoms with E-state index in [4.69, 9.17) is 0 Å². The molecule has 1 fully saturated rings. The lowest BCUT2D eigenvalue weighted by Crippen LogP contribution is -2.47. The van der Waals surface area contributed by atoms with Gasteiger partial charge in [0, 0.05) is 44.6 Å². The lowest BCUT2D eigenvalue weighted by molar-refractivity contribution is 0.639. The third kappa shape index (κ3) is 4.12. The number of anilines is 3. The van der Waals surface area contributed by atoms with E-state index in [1.54, 1.807) is 0 Å². The van der Waals surface area contributed by atoms with Gasteiger partial charge in [-0.1, -0.05) is 32.0 Å². The van der Waals surface area contributed by atoms with Crippen molar-refractivity contribution in [2.45, 2.75) is 13.8 Å². The highest BCUT2D eigenvalue weighted by Gasteiger charge is 2.19. The molecule has 2 heterocycles. The molecule has 0 amide bonds. The van der Waals surface area contributed by atoms with Crippen LogP contribution in [-0.2, 0) is 0 Å². The first-order valence-electron chi connectivity index (χ1n) is 8.34. The third-order valence-corrected chi connectivity index (χ3v) is 4.02. The monoisotopic (exact) mass is 311 g/mol. The Bertz CT molecular complexity index is 606. The van der Waals surface area contributed by atoms with Crippen molar-refractivity contribution in [1.29, 1.82) is 0 Å². The van der Waals surface area contributed by atoms with Crippen LogP contribution in [0.15, 0.2) is 42.6 Å². The highest BCUT2D eigenvalue weighted by Crippen LogP contribution is 2.18. The van der Waals surface area contributed by atoms with E-state index < -0.39 is 0 Å². The van der Waals surface area contributed by atoms with Gasteiger partial charge in [0.15, 0.2) is 0 Å². The summed E-state index contributed by atoms with van der Waals surface area (Å²) >= 11 is 0. The molecule has 1 aromatic carbocycles. The Morgan fingerprint density at radius 3 is 2.39 bits per heavy atom. The van der Waals surface area contributed by atoms with Crippen LogP contribution >= 0.6 is 0 Å². The van der Waals surface area contributed by atoms with Crippen LogP contribution in [0.5, 0.6) is 0 Å². The standard InChI is InChI=1S/C18H25N5/c1-15(2)14-20-17-8-9-19-18(21-17)23-12-10-22(11-13-23)16-6-4-3-5-7-16/h3-9,15H,10-14H2,1-2H3,(H,19,20,21). The van der Waals surface area contributed by atoms with Gasteiger partial charge in [-0.2, -0.15) is 4.98 Å². The van der Waals surface area contributed by atoms with Crippen molar-refractivity contribution in [1.82, 2.24) is 9.97 Å². The molecule has 1 aliphatic rings. The number of nitrogens with zero attached hydrogens (tertiary/aromatic N) is 4. The average Bonchev–Trinajstić information content (AvgIpc) is 2.61. The summed E-state index contributed by atoms with van der Waals surface area (Å²) in [7, 11) is 0. The smallest absolute Gasteiger partial charge is 0.227 e. The van der Waals surface area contributed by atoms with E-state index in [1.807, 2.05) is 12.3 Å². The molecule has 0 radical (unpaired) electrons. The molecular weight excluding hydrogens is 286 g/mol. The molecule has 0 spiro atoms. The molecule has 5 heteroatoms. The molecule has 1 N–H and O–H groups in total. The predicted octanol–water partition coefficient (Wildman–Crippen LogP) is 2.87. The number of benzene rings is 1. The Balaban J connectivity index is 1.60. The quantitative estimate of drug-likeness (QED) is 0.920. The second-order valence-electron chi connectivity index (χ2n) is 6.33. The zero-order valence-corrected chi connectivity index (χ0v) is 13.9. The Labute approximate surface area is 138 Å². The summed E-state index contributed by atoms with van der Waals surface area (Å²) < 4.78 is 0. The molecule has 0 bridgehead atoms. The summed E-state index contributed by atoms with van der Waals surface area (Å²) in [6, 6.07) is 12.5. The van der Waals surface area contributed by atoms with Crippen LogP contribution < -0.4 is 15.1 Å². The fourth-order valence-corrected chi connectivity index (χ4v) is 2.71. The number of hydrogen-bond donors (Lipinski definition) is 1. The SMILES string of the molecule is CC(C)CNc1ccnc(N2CCN(c3ccccc3)CC2)n1. The number of para-hydroxylation sites is 1. The molecule has 23 heavy (non-hydrogen) atoms. The lowest BCUT2D eigenvalue weighted by atomic mass is 10.2.